The van der Waals surface area contributed by atoms with Gasteiger partial charge in [0.25, 0.3) is 5.69 Å². The number of piperazine rings is 1. The maximum Gasteiger partial charge on any atom is 0.423 e. The zero-order valence-electron chi connectivity index (χ0n) is 21.0. The van der Waals surface area contributed by atoms with Crippen molar-refractivity contribution in [3.63, 3.8) is 0 Å². The molecule has 2 fully saturated rings. The van der Waals surface area contributed by atoms with Crippen molar-refractivity contribution in [1.82, 2.24) is 9.88 Å². The van der Waals surface area contributed by atoms with Gasteiger partial charge in [-0.1, -0.05) is 13.3 Å². The molecule has 0 radical (unpaired) electrons. The fourth-order valence-corrected chi connectivity index (χ4v) is 5.02. The van der Waals surface area contributed by atoms with E-state index in [9.17, 15) is 23.3 Å². The summed E-state index contributed by atoms with van der Waals surface area (Å²) in [5, 5.41) is 14.1. The van der Waals surface area contributed by atoms with Crippen LogP contribution in [0.2, 0.25) is 0 Å². The van der Waals surface area contributed by atoms with Crippen molar-refractivity contribution in [1.29, 1.82) is 0 Å². The third kappa shape index (κ3) is 7.24. The second-order valence-electron chi connectivity index (χ2n) is 9.76. The van der Waals surface area contributed by atoms with E-state index in [1.807, 2.05) is 12.1 Å². The fourth-order valence-electron chi connectivity index (χ4n) is 5.02. The van der Waals surface area contributed by atoms with Crippen molar-refractivity contribution >= 4 is 17.1 Å². The van der Waals surface area contributed by atoms with Crippen LogP contribution in [0, 0.1) is 10.1 Å². The number of aromatic nitrogens is 1. The molecule has 2 aromatic rings. The highest BCUT2D eigenvalue weighted by Gasteiger charge is 2.38. The molecule has 1 N–H and O–H groups in total. The van der Waals surface area contributed by atoms with E-state index in [2.05, 4.69) is 27.0 Å². The minimum Gasteiger partial charge on any atom is -0.474 e. The van der Waals surface area contributed by atoms with E-state index in [1.165, 1.54) is 18.9 Å². The molecule has 1 saturated carbocycles. The number of nitro groups is 1. The highest BCUT2D eigenvalue weighted by atomic mass is 19.4. The minimum absolute atomic E-state index is 0.0192. The first-order valence-electron chi connectivity index (χ1n) is 12.9. The Bertz CT molecular complexity index is 1050. The summed E-state index contributed by atoms with van der Waals surface area (Å²) >= 11 is 0. The average Bonchev–Trinajstić information content (AvgIpc) is 2.88. The summed E-state index contributed by atoms with van der Waals surface area (Å²) in [5.74, 6) is 0.590. The molecule has 0 amide bonds. The van der Waals surface area contributed by atoms with Crippen LogP contribution in [0.4, 0.5) is 30.2 Å². The first-order valence-corrected chi connectivity index (χ1v) is 12.9. The van der Waals surface area contributed by atoms with E-state index in [-0.39, 0.29) is 17.8 Å². The molecule has 1 aromatic carbocycles. The number of nitrogens with zero attached hydrogens (tertiary/aromatic N) is 4. The van der Waals surface area contributed by atoms with Gasteiger partial charge in [0, 0.05) is 61.9 Å². The Morgan fingerprint density at radius 2 is 1.84 bits per heavy atom. The molecule has 1 aliphatic carbocycles. The van der Waals surface area contributed by atoms with Crippen LogP contribution in [0.1, 0.15) is 51.0 Å². The Balaban J connectivity index is 1.28. The lowest BCUT2D eigenvalue weighted by molar-refractivity contribution is -0.388. The van der Waals surface area contributed by atoms with Crippen LogP contribution in [-0.4, -0.2) is 59.7 Å². The number of hydrogen-bond donors (Lipinski definition) is 1. The number of rotatable bonds is 9. The molecule has 1 aromatic heterocycles. The molecule has 2 aliphatic rings. The number of ether oxygens (including phenoxy) is 1. The second-order valence-corrected chi connectivity index (χ2v) is 9.76. The van der Waals surface area contributed by atoms with Gasteiger partial charge in [0.2, 0.25) is 5.88 Å². The van der Waals surface area contributed by atoms with Crippen LogP contribution in [0.5, 0.6) is 5.88 Å². The van der Waals surface area contributed by atoms with Crippen molar-refractivity contribution in [3.8, 4) is 5.88 Å². The van der Waals surface area contributed by atoms with E-state index >= 15 is 0 Å². The van der Waals surface area contributed by atoms with E-state index in [0.29, 0.717) is 18.7 Å². The third-order valence-electron chi connectivity index (χ3n) is 7.11. The zero-order valence-corrected chi connectivity index (χ0v) is 21.0. The summed E-state index contributed by atoms with van der Waals surface area (Å²) in [7, 11) is 0. The number of alkyl halides is 3. The van der Waals surface area contributed by atoms with Gasteiger partial charge in [-0.3, -0.25) is 15.0 Å². The first-order chi connectivity index (χ1) is 17.7. The molecule has 0 atom stereocenters. The molecule has 1 aliphatic heterocycles. The normalized spacial score (nSPS) is 21.0. The van der Waals surface area contributed by atoms with Crippen LogP contribution in [0.3, 0.4) is 0 Å². The standard InChI is InChI=1S/C26H34F3N5O3/c1-2-3-12-32-13-15-33(16-14-32)21-10-11-30-25(18-21)37-22-7-4-19(5-8-22)31-20-6-9-24(34(35)36)23(17-20)26(27,28)29/h6,9-11,17-19,22,31H,2-5,7-8,12-16H2,1H3/t19-,22-. The quantitative estimate of drug-likeness (QED) is 0.333. The summed E-state index contributed by atoms with van der Waals surface area (Å²) in [6.45, 7) is 7.42. The number of halogens is 3. The Hall–Kier alpha value is -3.08. The molecule has 11 heteroatoms. The van der Waals surface area contributed by atoms with Crippen molar-refractivity contribution in [2.75, 3.05) is 42.9 Å². The summed E-state index contributed by atoms with van der Waals surface area (Å²) in [4.78, 5) is 19.2. The molecular formula is C26H34F3N5O3. The number of hydrogen-bond acceptors (Lipinski definition) is 7. The van der Waals surface area contributed by atoms with E-state index in [0.717, 1.165) is 63.4 Å². The van der Waals surface area contributed by atoms with E-state index in [1.54, 1.807) is 6.20 Å². The van der Waals surface area contributed by atoms with Crippen molar-refractivity contribution in [3.05, 3.63) is 52.2 Å². The maximum absolute atomic E-state index is 13.3. The van der Waals surface area contributed by atoms with Gasteiger partial charge in [-0.15, -0.1) is 0 Å². The van der Waals surface area contributed by atoms with Crippen LogP contribution in [0.25, 0.3) is 0 Å². The molecule has 1 saturated heterocycles. The van der Waals surface area contributed by atoms with Crippen LogP contribution in [0.15, 0.2) is 36.5 Å². The second kappa shape index (κ2) is 12.0. The van der Waals surface area contributed by atoms with Crippen molar-refractivity contribution in [2.45, 2.75) is 63.8 Å². The SMILES string of the molecule is CCCCN1CCN(c2ccnc(O[C@H]3CC[C@H](Nc4ccc([N+](=O)[O-])c(C(F)(F)F)c4)CC3)c2)CC1. The van der Waals surface area contributed by atoms with Crippen LogP contribution >= 0.6 is 0 Å². The largest absolute Gasteiger partial charge is 0.474 e. The molecule has 37 heavy (non-hydrogen) atoms. The molecular weight excluding hydrogens is 487 g/mol. The zero-order chi connectivity index (χ0) is 26.4. The fraction of sp³-hybridized carbons (Fsp3) is 0.577. The van der Waals surface area contributed by atoms with Gasteiger partial charge in [0.05, 0.1) is 4.92 Å². The van der Waals surface area contributed by atoms with Crippen molar-refractivity contribution in [2.24, 2.45) is 0 Å². The van der Waals surface area contributed by atoms with Gasteiger partial charge >= 0.3 is 6.18 Å². The Labute approximate surface area is 215 Å². The molecule has 0 bridgehead atoms. The Kier molecular flexibility index (Phi) is 8.73. The smallest absolute Gasteiger partial charge is 0.423 e. The van der Waals surface area contributed by atoms with E-state index < -0.39 is 22.4 Å². The van der Waals surface area contributed by atoms with Crippen LogP contribution in [-0.2, 0) is 6.18 Å². The highest BCUT2D eigenvalue weighted by molar-refractivity contribution is 5.55. The first kappa shape index (κ1) is 27.0. The predicted molar refractivity (Wildman–Crippen MR) is 136 cm³/mol. The number of unbranched alkanes of at least 4 members (excludes halogenated alkanes) is 1. The average molecular weight is 522 g/mol. The summed E-state index contributed by atoms with van der Waals surface area (Å²) in [6, 6.07) is 7.01. The number of nitro benzene ring substituents is 1. The lowest BCUT2D eigenvalue weighted by Crippen LogP contribution is -2.46. The molecule has 0 unspecified atom stereocenters. The monoisotopic (exact) mass is 521 g/mol. The molecule has 2 heterocycles. The van der Waals surface area contributed by atoms with Gasteiger partial charge in [0.1, 0.15) is 11.7 Å². The van der Waals surface area contributed by atoms with Gasteiger partial charge < -0.3 is 15.0 Å². The number of nitrogens with one attached hydrogen (secondary N) is 1. The number of anilines is 2. The number of benzene rings is 1. The summed E-state index contributed by atoms with van der Waals surface area (Å²) in [5.41, 5.74) is -0.850. The lowest BCUT2D eigenvalue weighted by Gasteiger charge is -2.36. The molecule has 4 rings (SSSR count). The van der Waals surface area contributed by atoms with Crippen molar-refractivity contribution < 1.29 is 22.8 Å². The highest BCUT2D eigenvalue weighted by Crippen LogP contribution is 2.38. The third-order valence-corrected chi connectivity index (χ3v) is 7.11. The molecule has 202 valence electrons. The van der Waals surface area contributed by atoms with Crippen LogP contribution < -0.4 is 15.0 Å². The van der Waals surface area contributed by atoms with Gasteiger partial charge in [-0.2, -0.15) is 13.2 Å². The van der Waals surface area contributed by atoms with Gasteiger partial charge in [-0.25, -0.2) is 4.98 Å². The van der Waals surface area contributed by atoms with Gasteiger partial charge in [0.15, 0.2) is 0 Å². The molecule has 0 spiro atoms. The predicted octanol–water partition coefficient (Wildman–Crippen LogP) is 5.73. The van der Waals surface area contributed by atoms with Gasteiger partial charge in [-0.05, 0) is 56.8 Å². The Morgan fingerprint density at radius 3 is 2.49 bits per heavy atom. The minimum atomic E-state index is -4.80. The molecule has 8 nitrogen and oxygen atoms in total. The maximum atomic E-state index is 13.3. The Morgan fingerprint density at radius 1 is 1.11 bits per heavy atom. The number of pyridine rings is 1. The summed E-state index contributed by atoms with van der Waals surface area (Å²) in [6.07, 6.45) is 2.29. The van der Waals surface area contributed by atoms with E-state index in [4.69, 9.17) is 4.74 Å². The lowest BCUT2D eigenvalue weighted by atomic mass is 9.92. The topological polar surface area (TPSA) is 83.8 Å². The summed E-state index contributed by atoms with van der Waals surface area (Å²) < 4.78 is 46.0.